The van der Waals surface area contributed by atoms with Crippen LogP contribution in [0.4, 0.5) is 21.5 Å². The molecule has 1 aliphatic rings. The maximum absolute atomic E-state index is 13.1. The number of benzene rings is 2. The third-order valence-electron chi connectivity index (χ3n) is 4.67. The highest BCUT2D eigenvalue weighted by molar-refractivity contribution is 6.31. The summed E-state index contributed by atoms with van der Waals surface area (Å²) in [7, 11) is 0. The fraction of sp³-hybridized carbons (Fsp3) is 0.350. The minimum atomic E-state index is -0.508. The third kappa shape index (κ3) is 4.88. The van der Waals surface area contributed by atoms with Gasteiger partial charge in [-0.15, -0.1) is 0 Å². The summed E-state index contributed by atoms with van der Waals surface area (Å²) in [5.74, 6) is 0.0782. The summed E-state index contributed by atoms with van der Waals surface area (Å²) in [5, 5.41) is 5.76. The Hall–Kier alpha value is -2.27. The minimum absolute atomic E-state index is 0.0153. The van der Waals surface area contributed by atoms with Crippen molar-refractivity contribution in [2.45, 2.75) is 19.8 Å². The van der Waals surface area contributed by atoms with Crippen LogP contribution >= 0.6 is 11.6 Å². The fourth-order valence-corrected chi connectivity index (χ4v) is 3.20. The maximum Gasteiger partial charge on any atom is 0.243 e. The zero-order valence-electron chi connectivity index (χ0n) is 14.8. The Balaban J connectivity index is 1.49. The summed E-state index contributed by atoms with van der Waals surface area (Å²) in [5.41, 5.74) is 2.57. The van der Waals surface area contributed by atoms with Crippen LogP contribution in [-0.4, -0.2) is 25.5 Å². The zero-order chi connectivity index (χ0) is 18.5. The standard InChI is InChI=1S/C20H23ClFN3O/c1-14-8-10-25(11-9-14)17-5-2-15(3-6-17)23-13-20(26)24-16-4-7-19(22)18(21)12-16/h2-7,12,14,23H,8-11,13H2,1H3,(H,24,26). The predicted molar refractivity (Wildman–Crippen MR) is 106 cm³/mol. The lowest BCUT2D eigenvalue weighted by Crippen LogP contribution is -2.32. The Morgan fingerprint density at radius 1 is 1.15 bits per heavy atom. The van der Waals surface area contributed by atoms with Gasteiger partial charge in [-0.25, -0.2) is 4.39 Å². The van der Waals surface area contributed by atoms with Crippen LogP contribution in [0.3, 0.4) is 0 Å². The first-order valence-electron chi connectivity index (χ1n) is 8.85. The molecular formula is C20H23ClFN3O. The number of halogens is 2. The van der Waals surface area contributed by atoms with Crippen LogP contribution < -0.4 is 15.5 Å². The van der Waals surface area contributed by atoms with E-state index in [0.29, 0.717) is 5.69 Å². The largest absolute Gasteiger partial charge is 0.376 e. The van der Waals surface area contributed by atoms with Gasteiger partial charge in [-0.2, -0.15) is 0 Å². The van der Waals surface area contributed by atoms with Crippen LogP contribution in [0.15, 0.2) is 42.5 Å². The van der Waals surface area contributed by atoms with Crippen LogP contribution in [0.25, 0.3) is 0 Å². The Morgan fingerprint density at radius 2 is 1.81 bits per heavy atom. The Kier molecular flexibility index (Phi) is 5.99. The van der Waals surface area contributed by atoms with E-state index in [4.69, 9.17) is 11.6 Å². The number of hydrogen-bond acceptors (Lipinski definition) is 3. The van der Waals surface area contributed by atoms with Gasteiger partial charge in [0.1, 0.15) is 5.82 Å². The summed E-state index contributed by atoms with van der Waals surface area (Å²) >= 11 is 5.71. The van der Waals surface area contributed by atoms with Gasteiger partial charge in [0.2, 0.25) is 5.91 Å². The first-order valence-corrected chi connectivity index (χ1v) is 9.23. The number of hydrogen-bond donors (Lipinski definition) is 2. The monoisotopic (exact) mass is 375 g/mol. The molecular weight excluding hydrogens is 353 g/mol. The number of amides is 1. The molecule has 138 valence electrons. The molecule has 4 nitrogen and oxygen atoms in total. The number of nitrogens with zero attached hydrogens (tertiary/aromatic N) is 1. The fourth-order valence-electron chi connectivity index (χ4n) is 3.02. The topological polar surface area (TPSA) is 44.4 Å². The van der Waals surface area contributed by atoms with E-state index in [0.717, 1.165) is 24.7 Å². The molecule has 0 radical (unpaired) electrons. The smallest absolute Gasteiger partial charge is 0.243 e. The van der Waals surface area contributed by atoms with Gasteiger partial charge < -0.3 is 15.5 Å². The lowest BCUT2D eigenvalue weighted by Gasteiger charge is -2.32. The summed E-state index contributed by atoms with van der Waals surface area (Å²) < 4.78 is 13.1. The lowest BCUT2D eigenvalue weighted by molar-refractivity contribution is -0.114. The molecule has 0 atom stereocenters. The maximum atomic E-state index is 13.1. The Morgan fingerprint density at radius 3 is 2.46 bits per heavy atom. The summed E-state index contributed by atoms with van der Waals surface area (Å²) in [4.78, 5) is 14.4. The molecule has 2 aromatic rings. The number of rotatable bonds is 5. The summed E-state index contributed by atoms with van der Waals surface area (Å²) in [6, 6.07) is 12.2. The molecule has 1 amide bonds. The van der Waals surface area contributed by atoms with Crippen LogP contribution in [-0.2, 0) is 4.79 Å². The number of nitrogens with one attached hydrogen (secondary N) is 2. The van der Waals surface area contributed by atoms with Gasteiger partial charge in [-0.1, -0.05) is 18.5 Å². The third-order valence-corrected chi connectivity index (χ3v) is 4.96. The summed E-state index contributed by atoms with van der Waals surface area (Å²) in [6.45, 7) is 4.61. The van der Waals surface area contributed by atoms with Crippen LogP contribution in [0.5, 0.6) is 0 Å². The highest BCUT2D eigenvalue weighted by atomic mass is 35.5. The lowest BCUT2D eigenvalue weighted by atomic mass is 9.99. The highest BCUT2D eigenvalue weighted by Gasteiger charge is 2.15. The van der Waals surface area contributed by atoms with E-state index >= 15 is 0 Å². The number of anilines is 3. The molecule has 0 aliphatic carbocycles. The number of carbonyl (C=O) groups is 1. The van der Waals surface area contributed by atoms with E-state index in [1.807, 2.05) is 12.1 Å². The molecule has 1 aliphatic heterocycles. The average molecular weight is 376 g/mol. The van der Waals surface area contributed by atoms with Crippen molar-refractivity contribution < 1.29 is 9.18 Å². The molecule has 1 fully saturated rings. The van der Waals surface area contributed by atoms with Gasteiger partial charge in [0.25, 0.3) is 0 Å². The summed E-state index contributed by atoms with van der Waals surface area (Å²) in [6.07, 6.45) is 2.46. The molecule has 0 bridgehead atoms. The molecule has 0 unspecified atom stereocenters. The molecule has 2 N–H and O–H groups in total. The molecule has 1 saturated heterocycles. The highest BCUT2D eigenvalue weighted by Crippen LogP contribution is 2.24. The van der Waals surface area contributed by atoms with Crippen LogP contribution in [0.2, 0.25) is 5.02 Å². The number of carbonyl (C=O) groups excluding carboxylic acids is 1. The molecule has 0 saturated carbocycles. The molecule has 3 rings (SSSR count). The second-order valence-corrected chi connectivity index (χ2v) is 7.15. The van der Waals surface area contributed by atoms with Crippen molar-refractivity contribution >= 4 is 34.6 Å². The van der Waals surface area contributed by atoms with Gasteiger partial charge in [0, 0.05) is 30.2 Å². The molecule has 1 heterocycles. The van der Waals surface area contributed by atoms with Crippen molar-refractivity contribution in [2.75, 3.05) is 35.2 Å². The van der Waals surface area contributed by atoms with Gasteiger partial charge in [0.15, 0.2) is 0 Å². The van der Waals surface area contributed by atoms with E-state index in [2.05, 4.69) is 34.6 Å². The van der Waals surface area contributed by atoms with Crippen molar-refractivity contribution in [1.82, 2.24) is 0 Å². The van der Waals surface area contributed by atoms with E-state index in [1.165, 1.54) is 36.7 Å². The molecule has 0 aromatic heterocycles. The molecule has 6 heteroatoms. The van der Waals surface area contributed by atoms with Gasteiger partial charge in [-0.05, 0) is 61.2 Å². The van der Waals surface area contributed by atoms with Crippen molar-refractivity contribution in [3.8, 4) is 0 Å². The zero-order valence-corrected chi connectivity index (χ0v) is 15.5. The number of piperidine rings is 1. The van der Waals surface area contributed by atoms with E-state index in [1.54, 1.807) is 0 Å². The van der Waals surface area contributed by atoms with E-state index in [-0.39, 0.29) is 17.5 Å². The first-order chi connectivity index (χ1) is 12.5. The normalized spacial score (nSPS) is 15.0. The Labute approximate surface area is 158 Å². The SMILES string of the molecule is CC1CCN(c2ccc(NCC(=O)Nc3ccc(F)c(Cl)c3)cc2)CC1. The van der Waals surface area contributed by atoms with Crippen molar-refractivity contribution in [3.63, 3.8) is 0 Å². The predicted octanol–water partition coefficient (Wildman–Crippen LogP) is 4.77. The van der Waals surface area contributed by atoms with E-state index in [9.17, 15) is 9.18 Å². The second kappa shape index (κ2) is 8.41. The van der Waals surface area contributed by atoms with E-state index < -0.39 is 5.82 Å². The minimum Gasteiger partial charge on any atom is -0.376 e. The van der Waals surface area contributed by atoms with Crippen molar-refractivity contribution in [3.05, 3.63) is 53.3 Å². The second-order valence-electron chi connectivity index (χ2n) is 6.75. The van der Waals surface area contributed by atoms with Crippen LogP contribution in [0, 0.1) is 11.7 Å². The van der Waals surface area contributed by atoms with Crippen molar-refractivity contribution in [2.24, 2.45) is 5.92 Å². The Bertz CT molecular complexity index is 758. The van der Waals surface area contributed by atoms with Gasteiger partial charge in [-0.3, -0.25) is 4.79 Å². The van der Waals surface area contributed by atoms with Gasteiger partial charge in [0.05, 0.1) is 11.6 Å². The average Bonchev–Trinajstić information content (AvgIpc) is 2.64. The van der Waals surface area contributed by atoms with Gasteiger partial charge >= 0.3 is 0 Å². The molecule has 2 aromatic carbocycles. The van der Waals surface area contributed by atoms with Crippen molar-refractivity contribution in [1.29, 1.82) is 0 Å². The first kappa shape index (κ1) is 18.5. The quantitative estimate of drug-likeness (QED) is 0.791. The molecule has 26 heavy (non-hydrogen) atoms. The molecule has 0 spiro atoms. The van der Waals surface area contributed by atoms with Crippen LogP contribution in [0.1, 0.15) is 19.8 Å².